The Morgan fingerprint density at radius 2 is 2.07 bits per heavy atom. The molecule has 1 aromatic heterocycles. The molecule has 2 aromatic rings. The number of ether oxygens (including phenoxy) is 1. The molecule has 2 rings (SSSR count). The highest BCUT2D eigenvalue weighted by Gasteiger charge is 2.23. The van der Waals surface area contributed by atoms with Crippen LogP contribution in [0.2, 0.25) is 0 Å². The van der Waals surface area contributed by atoms with Crippen molar-refractivity contribution in [1.82, 2.24) is 19.8 Å². The lowest BCUT2D eigenvalue weighted by Gasteiger charge is -2.23. The highest BCUT2D eigenvalue weighted by molar-refractivity contribution is 5.85. The monoisotopic (exact) mass is 374 g/mol. The molecule has 0 fully saturated rings. The van der Waals surface area contributed by atoms with Crippen LogP contribution in [-0.4, -0.2) is 57.8 Å². The molecule has 0 saturated carbocycles. The van der Waals surface area contributed by atoms with E-state index in [2.05, 4.69) is 10.3 Å². The molecule has 1 aromatic carbocycles. The van der Waals surface area contributed by atoms with Crippen molar-refractivity contribution in [1.29, 1.82) is 0 Å². The molecule has 8 nitrogen and oxygen atoms in total. The molecular formula is C19H26N4O4. The Balaban J connectivity index is 1.75. The number of hydrogen-bond donors (Lipinski definition) is 2. The Kier molecular flexibility index (Phi) is 7.81. The smallest absolute Gasteiger partial charge is 0.408 e. The number of rotatable bonds is 9. The van der Waals surface area contributed by atoms with E-state index in [0.717, 1.165) is 24.2 Å². The number of aliphatic hydroxyl groups is 1. The normalized spacial score (nSPS) is 11.7. The van der Waals surface area contributed by atoms with Gasteiger partial charge < -0.3 is 24.6 Å². The molecular weight excluding hydrogens is 348 g/mol. The average molecular weight is 374 g/mol. The maximum Gasteiger partial charge on any atom is 0.408 e. The maximum absolute atomic E-state index is 12.4. The molecule has 0 aliphatic carbocycles. The van der Waals surface area contributed by atoms with Crippen LogP contribution < -0.4 is 5.32 Å². The maximum atomic E-state index is 12.4. The molecule has 2 amide bonds. The molecule has 1 unspecified atom stereocenters. The Labute approximate surface area is 158 Å². The first-order chi connectivity index (χ1) is 13.0. The largest absolute Gasteiger partial charge is 0.445 e. The van der Waals surface area contributed by atoms with Crippen molar-refractivity contribution < 1.29 is 19.4 Å². The summed E-state index contributed by atoms with van der Waals surface area (Å²) in [5.74, 6) is 0.575. The minimum Gasteiger partial charge on any atom is -0.445 e. The summed E-state index contributed by atoms with van der Waals surface area (Å²) in [5, 5.41) is 11.9. The first-order valence-electron chi connectivity index (χ1n) is 8.80. The van der Waals surface area contributed by atoms with Crippen molar-refractivity contribution in [3.05, 3.63) is 54.1 Å². The number of hydrogen-bond acceptors (Lipinski definition) is 5. The fraction of sp³-hybridized carbons (Fsp3) is 0.421. The van der Waals surface area contributed by atoms with E-state index in [1.807, 2.05) is 48.1 Å². The van der Waals surface area contributed by atoms with Crippen LogP contribution in [0.15, 0.2) is 42.7 Å². The van der Waals surface area contributed by atoms with Gasteiger partial charge in [-0.15, -0.1) is 0 Å². The summed E-state index contributed by atoms with van der Waals surface area (Å²) in [7, 11) is 3.56. The number of aryl methyl sites for hydroxylation is 2. The van der Waals surface area contributed by atoms with Gasteiger partial charge >= 0.3 is 6.09 Å². The van der Waals surface area contributed by atoms with Gasteiger partial charge in [0, 0.05) is 39.5 Å². The number of amides is 2. The van der Waals surface area contributed by atoms with E-state index < -0.39 is 18.7 Å². The van der Waals surface area contributed by atoms with Crippen molar-refractivity contribution >= 4 is 12.0 Å². The number of aliphatic hydroxyl groups excluding tert-OH is 1. The van der Waals surface area contributed by atoms with Crippen LogP contribution in [0.5, 0.6) is 0 Å². The van der Waals surface area contributed by atoms with Gasteiger partial charge in [0.25, 0.3) is 0 Å². The highest BCUT2D eigenvalue weighted by atomic mass is 16.5. The van der Waals surface area contributed by atoms with E-state index in [0.29, 0.717) is 6.54 Å². The molecule has 0 spiro atoms. The summed E-state index contributed by atoms with van der Waals surface area (Å²) in [5.41, 5.74) is 0.839. The van der Waals surface area contributed by atoms with Crippen molar-refractivity contribution in [3.8, 4) is 0 Å². The zero-order valence-electron chi connectivity index (χ0n) is 15.7. The van der Waals surface area contributed by atoms with Crippen LogP contribution >= 0.6 is 0 Å². The van der Waals surface area contributed by atoms with Gasteiger partial charge in [-0.1, -0.05) is 30.3 Å². The number of alkyl carbamates (subject to hydrolysis) is 1. The predicted molar refractivity (Wildman–Crippen MR) is 99.8 cm³/mol. The second kappa shape index (κ2) is 10.3. The van der Waals surface area contributed by atoms with Gasteiger partial charge in [0.2, 0.25) is 5.91 Å². The van der Waals surface area contributed by atoms with Crippen molar-refractivity contribution in [2.45, 2.75) is 25.5 Å². The van der Waals surface area contributed by atoms with Crippen LogP contribution in [0, 0.1) is 0 Å². The molecule has 0 radical (unpaired) electrons. The van der Waals surface area contributed by atoms with Gasteiger partial charge in [-0.2, -0.15) is 0 Å². The number of aromatic nitrogens is 2. The van der Waals surface area contributed by atoms with E-state index in [4.69, 9.17) is 4.74 Å². The number of benzene rings is 1. The predicted octanol–water partition coefficient (Wildman–Crippen LogP) is 1.10. The first-order valence-corrected chi connectivity index (χ1v) is 8.80. The highest BCUT2D eigenvalue weighted by Crippen LogP contribution is 2.03. The van der Waals surface area contributed by atoms with E-state index in [9.17, 15) is 14.7 Å². The number of imidazole rings is 1. The zero-order valence-corrected chi connectivity index (χ0v) is 15.7. The Bertz CT molecular complexity index is 732. The first kappa shape index (κ1) is 20.4. The van der Waals surface area contributed by atoms with E-state index in [1.165, 1.54) is 4.90 Å². The van der Waals surface area contributed by atoms with Crippen LogP contribution in [0.1, 0.15) is 17.8 Å². The molecule has 27 heavy (non-hydrogen) atoms. The molecule has 8 heteroatoms. The van der Waals surface area contributed by atoms with Crippen molar-refractivity contribution in [2.75, 3.05) is 20.2 Å². The lowest BCUT2D eigenvalue weighted by atomic mass is 10.2. The zero-order chi connectivity index (χ0) is 19.6. The summed E-state index contributed by atoms with van der Waals surface area (Å²) in [6, 6.07) is 8.18. The van der Waals surface area contributed by atoms with E-state index >= 15 is 0 Å². The van der Waals surface area contributed by atoms with Crippen LogP contribution in [0.4, 0.5) is 4.79 Å². The van der Waals surface area contributed by atoms with Gasteiger partial charge in [-0.05, 0) is 12.0 Å². The molecule has 0 bridgehead atoms. The SMILES string of the molecule is CN(CCCc1nccn1C)C(=O)C(CO)NC(=O)OCc1ccccc1. The minimum absolute atomic E-state index is 0.0958. The molecule has 0 saturated heterocycles. The Morgan fingerprint density at radius 3 is 2.70 bits per heavy atom. The number of likely N-dealkylation sites (N-methyl/N-ethyl adjacent to an activating group) is 1. The summed E-state index contributed by atoms with van der Waals surface area (Å²) < 4.78 is 7.02. The van der Waals surface area contributed by atoms with Gasteiger partial charge in [-0.25, -0.2) is 9.78 Å². The molecule has 0 aliphatic heterocycles. The quantitative estimate of drug-likeness (QED) is 0.685. The molecule has 1 atom stereocenters. The second-order valence-electron chi connectivity index (χ2n) is 6.26. The van der Waals surface area contributed by atoms with Gasteiger partial charge in [0.05, 0.1) is 6.61 Å². The van der Waals surface area contributed by atoms with Gasteiger partial charge in [-0.3, -0.25) is 4.79 Å². The van der Waals surface area contributed by atoms with Gasteiger partial charge in [0.1, 0.15) is 18.5 Å². The second-order valence-corrected chi connectivity index (χ2v) is 6.26. The van der Waals surface area contributed by atoms with E-state index in [1.54, 1.807) is 13.2 Å². The third-order valence-corrected chi connectivity index (χ3v) is 4.18. The summed E-state index contributed by atoms with van der Waals surface area (Å²) in [6.45, 7) is 0.0877. The summed E-state index contributed by atoms with van der Waals surface area (Å²) in [6.07, 6.45) is 4.32. The van der Waals surface area contributed by atoms with Crippen LogP contribution in [-0.2, 0) is 29.6 Å². The number of nitrogens with zero attached hydrogens (tertiary/aromatic N) is 3. The standard InChI is InChI=1S/C19H26N4O4/c1-22-12-10-20-17(22)9-6-11-23(2)18(25)16(13-24)21-19(26)27-14-15-7-4-3-5-8-15/h3-5,7-8,10,12,16,24H,6,9,11,13-14H2,1-2H3,(H,21,26). The van der Waals surface area contributed by atoms with Crippen LogP contribution in [0.25, 0.3) is 0 Å². The average Bonchev–Trinajstić information content (AvgIpc) is 3.09. The van der Waals surface area contributed by atoms with E-state index in [-0.39, 0.29) is 12.5 Å². The lowest BCUT2D eigenvalue weighted by Crippen LogP contribution is -2.49. The number of carbonyl (C=O) groups excluding carboxylic acids is 2. The number of nitrogens with one attached hydrogen (secondary N) is 1. The fourth-order valence-corrected chi connectivity index (χ4v) is 2.58. The van der Waals surface area contributed by atoms with Crippen molar-refractivity contribution in [2.24, 2.45) is 7.05 Å². The summed E-state index contributed by atoms with van der Waals surface area (Å²) in [4.78, 5) is 30.0. The Hall–Kier alpha value is -2.87. The lowest BCUT2D eigenvalue weighted by molar-refractivity contribution is -0.133. The number of carbonyl (C=O) groups is 2. The molecule has 1 heterocycles. The minimum atomic E-state index is -1.04. The fourth-order valence-electron chi connectivity index (χ4n) is 2.58. The van der Waals surface area contributed by atoms with Gasteiger partial charge in [0.15, 0.2) is 0 Å². The third kappa shape index (κ3) is 6.41. The third-order valence-electron chi connectivity index (χ3n) is 4.18. The molecule has 2 N–H and O–H groups in total. The Morgan fingerprint density at radius 1 is 1.33 bits per heavy atom. The van der Waals surface area contributed by atoms with Crippen molar-refractivity contribution in [3.63, 3.8) is 0 Å². The molecule has 146 valence electrons. The summed E-state index contributed by atoms with van der Waals surface area (Å²) >= 11 is 0. The van der Waals surface area contributed by atoms with Crippen LogP contribution in [0.3, 0.4) is 0 Å². The topological polar surface area (TPSA) is 96.7 Å². The molecule has 0 aliphatic rings.